The highest BCUT2D eigenvalue weighted by Gasteiger charge is 2.36. The summed E-state index contributed by atoms with van der Waals surface area (Å²) in [7, 11) is -3.51. The zero-order chi connectivity index (χ0) is 21.0. The number of piperazine rings is 1. The molecule has 3 rings (SSSR count). The van der Waals surface area contributed by atoms with Gasteiger partial charge in [-0.2, -0.15) is 17.0 Å². The minimum atomic E-state index is -3.51. The molecule has 29 heavy (non-hydrogen) atoms. The first kappa shape index (κ1) is 22.1. The van der Waals surface area contributed by atoms with Gasteiger partial charge in [0.25, 0.3) is 10.2 Å². The molecule has 1 N–H and O–H groups in total. The maximum Gasteiger partial charge on any atom is 0.282 e. The third-order valence-corrected chi connectivity index (χ3v) is 7.14. The van der Waals surface area contributed by atoms with Gasteiger partial charge in [-0.1, -0.05) is 12.1 Å². The molecular weight excluding hydrogens is 399 g/mol. The van der Waals surface area contributed by atoms with Crippen molar-refractivity contribution in [2.24, 2.45) is 0 Å². The fourth-order valence-electron chi connectivity index (χ4n) is 3.70. The van der Waals surface area contributed by atoms with Crippen molar-refractivity contribution in [3.05, 3.63) is 30.1 Å². The molecule has 162 valence electrons. The molecule has 0 spiro atoms. The number of halogens is 1. The van der Waals surface area contributed by atoms with E-state index in [0.717, 1.165) is 0 Å². The van der Waals surface area contributed by atoms with Crippen molar-refractivity contribution in [3.63, 3.8) is 0 Å². The Morgan fingerprint density at radius 2 is 1.72 bits per heavy atom. The zero-order valence-corrected chi connectivity index (χ0v) is 17.7. The van der Waals surface area contributed by atoms with Gasteiger partial charge in [0.15, 0.2) is 0 Å². The fourth-order valence-corrected chi connectivity index (χ4v) is 5.45. The summed E-state index contributed by atoms with van der Waals surface area (Å²) in [6.45, 7) is 6.87. The first-order chi connectivity index (χ1) is 13.8. The number of carbonyl (C=O) groups excluding carboxylic acids is 1. The summed E-state index contributed by atoms with van der Waals surface area (Å²) < 4.78 is 48.1. The molecule has 2 unspecified atom stereocenters. The molecule has 2 fully saturated rings. The molecule has 0 aliphatic carbocycles. The Kier molecular flexibility index (Phi) is 7.23. The third-order valence-electron chi connectivity index (χ3n) is 5.17. The Bertz CT molecular complexity index is 804. The number of benzene rings is 1. The van der Waals surface area contributed by atoms with Crippen LogP contribution in [0.15, 0.2) is 24.3 Å². The molecular formula is C19H29FN4O4S. The number of carbonyl (C=O) groups is 1. The topological polar surface area (TPSA) is 82.2 Å². The highest BCUT2D eigenvalue weighted by atomic mass is 32.2. The molecule has 2 saturated heterocycles. The van der Waals surface area contributed by atoms with Gasteiger partial charge in [0.2, 0.25) is 5.91 Å². The van der Waals surface area contributed by atoms with Crippen LogP contribution in [0.4, 0.5) is 10.1 Å². The van der Waals surface area contributed by atoms with Crippen LogP contribution >= 0.6 is 0 Å². The molecule has 1 amide bonds. The number of morpholine rings is 1. The van der Waals surface area contributed by atoms with Crippen LogP contribution in [0.5, 0.6) is 0 Å². The summed E-state index contributed by atoms with van der Waals surface area (Å²) in [6.07, 6.45) is -0.0231. The fraction of sp³-hybridized carbons (Fsp3) is 0.632. The van der Waals surface area contributed by atoms with Gasteiger partial charge >= 0.3 is 0 Å². The molecule has 2 aliphatic heterocycles. The van der Waals surface area contributed by atoms with Gasteiger partial charge in [-0.25, -0.2) is 4.39 Å². The number of ether oxygens (including phenoxy) is 1. The number of nitrogens with one attached hydrogen (secondary N) is 1. The highest BCUT2D eigenvalue weighted by Crippen LogP contribution is 2.19. The smallest absolute Gasteiger partial charge is 0.282 e. The number of hydrogen-bond donors (Lipinski definition) is 1. The number of nitrogens with zero attached hydrogens (tertiary/aromatic N) is 3. The number of hydrogen-bond acceptors (Lipinski definition) is 5. The lowest BCUT2D eigenvalue weighted by Crippen LogP contribution is -2.57. The summed E-state index contributed by atoms with van der Waals surface area (Å²) in [5.74, 6) is -0.729. The maximum atomic E-state index is 13.6. The van der Waals surface area contributed by atoms with Crippen molar-refractivity contribution in [3.8, 4) is 0 Å². The summed E-state index contributed by atoms with van der Waals surface area (Å²) in [4.78, 5) is 14.1. The first-order valence-electron chi connectivity index (χ1n) is 9.93. The Morgan fingerprint density at radius 3 is 2.34 bits per heavy atom. The average Bonchev–Trinajstić information content (AvgIpc) is 2.68. The van der Waals surface area contributed by atoms with E-state index in [1.165, 1.54) is 20.7 Å². The number of rotatable bonds is 6. The molecule has 0 aromatic heterocycles. The Balaban J connectivity index is 1.45. The molecule has 0 saturated carbocycles. The van der Waals surface area contributed by atoms with Crippen molar-refractivity contribution < 1.29 is 22.3 Å². The number of para-hydroxylation sites is 1. The molecule has 2 aliphatic rings. The average molecular weight is 429 g/mol. The van der Waals surface area contributed by atoms with Crippen LogP contribution in [0.2, 0.25) is 0 Å². The molecule has 0 radical (unpaired) electrons. The standard InChI is InChI=1S/C19H29FN4O4S/c1-15-13-24(14-16(2)28-15)29(26,27)23-11-9-22(10-12-23)8-7-19(25)21-18-6-4-3-5-17(18)20/h3-6,15-16H,7-14H2,1-2H3,(H,21,25). The quantitative estimate of drug-likeness (QED) is 0.735. The molecule has 8 nitrogen and oxygen atoms in total. The molecule has 1 aromatic carbocycles. The third kappa shape index (κ3) is 5.73. The Labute approximate surface area is 171 Å². The van der Waals surface area contributed by atoms with Crippen LogP contribution in [0.3, 0.4) is 0 Å². The van der Waals surface area contributed by atoms with E-state index in [9.17, 15) is 17.6 Å². The van der Waals surface area contributed by atoms with Gasteiger partial charge in [-0.3, -0.25) is 4.79 Å². The second-order valence-electron chi connectivity index (χ2n) is 7.60. The van der Waals surface area contributed by atoms with Gasteiger partial charge in [-0.05, 0) is 26.0 Å². The Hall–Kier alpha value is -1.59. The van der Waals surface area contributed by atoms with Gasteiger partial charge in [0.1, 0.15) is 5.82 Å². The first-order valence-corrected chi connectivity index (χ1v) is 11.3. The van der Waals surface area contributed by atoms with Crippen molar-refractivity contribution in [1.29, 1.82) is 0 Å². The number of anilines is 1. The van der Waals surface area contributed by atoms with Crippen LogP contribution in [0.25, 0.3) is 0 Å². The minimum Gasteiger partial charge on any atom is -0.373 e. The lowest BCUT2D eigenvalue weighted by atomic mass is 10.2. The van der Waals surface area contributed by atoms with E-state index in [0.29, 0.717) is 45.8 Å². The highest BCUT2D eigenvalue weighted by molar-refractivity contribution is 7.86. The van der Waals surface area contributed by atoms with Crippen LogP contribution in [0.1, 0.15) is 20.3 Å². The molecule has 1 aromatic rings. The van der Waals surface area contributed by atoms with Crippen LogP contribution in [-0.2, 0) is 19.7 Å². The lowest BCUT2D eigenvalue weighted by Gasteiger charge is -2.40. The van der Waals surface area contributed by atoms with Gasteiger partial charge < -0.3 is 15.0 Å². The molecule has 2 atom stereocenters. The van der Waals surface area contributed by atoms with Crippen molar-refractivity contribution in [2.45, 2.75) is 32.5 Å². The second-order valence-corrected chi connectivity index (χ2v) is 9.53. The van der Waals surface area contributed by atoms with E-state index < -0.39 is 16.0 Å². The zero-order valence-electron chi connectivity index (χ0n) is 16.9. The number of amides is 1. The van der Waals surface area contributed by atoms with Crippen molar-refractivity contribution >= 4 is 21.8 Å². The van der Waals surface area contributed by atoms with E-state index >= 15 is 0 Å². The summed E-state index contributed by atoms with van der Waals surface area (Å²) in [6, 6.07) is 6.04. The van der Waals surface area contributed by atoms with E-state index in [-0.39, 0.29) is 30.2 Å². The Morgan fingerprint density at radius 1 is 1.10 bits per heavy atom. The summed E-state index contributed by atoms with van der Waals surface area (Å²) >= 11 is 0. The molecule has 10 heteroatoms. The van der Waals surface area contributed by atoms with Gasteiger partial charge in [-0.15, -0.1) is 0 Å². The second kappa shape index (κ2) is 9.48. The van der Waals surface area contributed by atoms with Crippen LogP contribution in [-0.4, -0.2) is 85.9 Å². The monoisotopic (exact) mass is 428 g/mol. The van der Waals surface area contributed by atoms with Crippen LogP contribution < -0.4 is 5.32 Å². The normalized spacial score (nSPS) is 25.1. The largest absolute Gasteiger partial charge is 0.373 e. The lowest BCUT2D eigenvalue weighted by molar-refractivity contribution is -0.116. The molecule has 2 heterocycles. The van der Waals surface area contributed by atoms with E-state index in [2.05, 4.69) is 10.2 Å². The predicted molar refractivity (Wildman–Crippen MR) is 108 cm³/mol. The summed E-state index contributed by atoms with van der Waals surface area (Å²) in [5.41, 5.74) is 0.169. The minimum absolute atomic E-state index is 0.122. The summed E-state index contributed by atoms with van der Waals surface area (Å²) in [5, 5.41) is 2.57. The predicted octanol–water partition coefficient (Wildman–Crippen LogP) is 1.13. The van der Waals surface area contributed by atoms with Crippen molar-refractivity contribution in [2.75, 3.05) is 51.1 Å². The van der Waals surface area contributed by atoms with Gasteiger partial charge in [0, 0.05) is 52.2 Å². The van der Waals surface area contributed by atoms with E-state index in [4.69, 9.17) is 4.74 Å². The SMILES string of the molecule is CC1CN(S(=O)(=O)N2CCN(CCC(=O)Nc3ccccc3F)CC2)CC(C)O1. The van der Waals surface area contributed by atoms with Crippen molar-refractivity contribution in [1.82, 2.24) is 13.5 Å². The van der Waals surface area contributed by atoms with Crippen LogP contribution in [0, 0.1) is 5.82 Å². The van der Waals surface area contributed by atoms with Gasteiger partial charge in [0.05, 0.1) is 17.9 Å². The van der Waals surface area contributed by atoms with E-state index in [1.807, 2.05) is 13.8 Å². The molecule has 0 bridgehead atoms. The van der Waals surface area contributed by atoms with E-state index in [1.54, 1.807) is 12.1 Å². The maximum absolute atomic E-state index is 13.6.